The second-order valence-electron chi connectivity index (χ2n) is 8.18. The van der Waals surface area contributed by atoms with Gasteiger partial charge in [-0.15, -0.1) is 12.4 Å². The molecule has 1 saturated heterocycles. The summed E-state index contributed by atoms with van der Waals surface area (Å²) in [5.74, 6) is -0.327. The zero-order chi connectivity index (χ0) is 23.7. The van der Waals surface area contributed by atoms with E-state index < -0.39 is 20.5 Å². The van der Waals surface area contributed by atoms with Crippen LogP contribution in [0.2, 0.25) is 0 Å². The second kappa shape index (κ2) is 13.1. The van der Waals surface area contributed by atoms with Crippen LogP contribution in [0, 0.1) is 0 Å². The fourth-order valence-electron chi connectivity index (χ4n) is 4.13. The number of hydrogen-bond acceptors (Lipinski definition) is 7. The standard InChI is InChI=1S/C24H32N2O6S.ClH/c1-31-19-17-26-15-13-24(14-16-26,23(27)25-28)33(29,30)22-11-9-21(10-12-22)32-18-5-8-20-6-3-2-4-7-20;/h2-4,6-7,9-12,28H,5,8,13-19H2,1H3,(H,25,27);1H. The number of hydroxylamine groups is 1. The number of hydrogen-bond donors (Lipinski definition) is 2. The molecule has 0 aromatic heterocycles. The van der Waals surface area contributed by atoms with Crippen LogP contribution in [-0.2, 0) is 25.8 Å². The van der Waals surface area contributed by atoms with E-state index in [1.54, 1.807) is 24.7 Å². The molecule has 0 atom stereocenters. The van der Waals surface area contributed by atoms with E-state index in [0.29, 0.717) is 38.6 Å². The van der Waals surface area contributed by atoms with Crippen molar-refractivity contribution in [2.24, 2.45) is 0 Å². The molecule has 0 bridgehead atoms. The number of halogens is 1. The predicted molar refractivity (Wildman–Crippen MR) is 131 cm³/mol. The summed E-state index contributed by atoms with van der Waals surface area (Å²) >= 11 is 0. The van der Waals surface area contributed by atoms with Crippen molar-refractivity contribution in [2.75, 3.05) is 40.0 Å². The van der Waals surface area contributed by atoms with Gasteiger partial charge in [0.1, 0.15) is 5.75 Å². The highest BCUT2D eigenvalue weighted by Gasteiger charge is 2.52. The molecule has 1 aliphatic rings. The zero-order valence-corrected chi connectivity index (χ0v) is 20.9. The lowest BCUT2D eigenvalue weighted by Crippen LogP contribution is -2.57. The number of rotatable bonds is 11. The Kier molecular flexibility index (Phi) is 10.8. The van der Waals surface area contributed by atoms with Crippen molar-refractivity contribution in [1.29, 1.82) is 0 Å². The van der Waals surface area contributed by atoms with Crippen molar-refractivity contribution in [3.05, 3.63) is 60.2 Å². The highest BCUT2D eigenvalue weighted by Crippen LogP contribution is 2.36. The minimum absolute atomic E-state index is 0. The van der Waals surface area contributed by atoms with Gasteiger partial charge in [-0.1, -0.05) is 30.3 Å². The average molecular weight is 513 g/mol. The number of benzene rings is 2. The average Bonchev–Trinajstić information content (AvgIpc) is 2.86. The Labute approximate surface area is 207 Å². The summed E-state index contributed by atoms with van der Waals surface area (Å²) < 4.78 is 36.1. The monoisotopic (exact) mass is 512 g/mol. The Morgan fingerprint density at radius 3 is 2.29 bits per heavy atom. The van der Waals surface area contributed by atoms with Crippen LogP contribution in [0.15, 0.2) is 59.5 Å². The molecule has 3 rings (SSSR count). The topological polar surface area (TPSA) is 105 Å². The van der Waals surface area contributed by atoms with E-state index in [9.17, 15) is 18.4 Å². The van der Waals surface area contributed by atoms with E-state index in [1.165, 1.54) is 17.7 Å². The van der Waals surface area contributed by atoms with Crippen molar-refractivity contribution in [3.8, 4) is 5.75 Å². The van der Waals surface area contributed by atoms with Crippen molar-refractivity contribution < 1.29 is 27.9 Å². The molecular formula is C24H33ClN2O6S. The van der Waals surface area contributed by atoms with Gasteiger partial charge in [-0.3, -0.25) is 10.0 Å². The van der Waals surface area contributed by atoms with Gasteiger partial charge in [0.15, 0.2) is 14.6 Å². The summed E-state index contributed by atoms with van der Waals surface area (Å²) in [7, 11) is -2.44. The molecule has 0 radical (unpaired) electrons. The number of piperidine rings is 1. The molecule has 188 valence electrons. The van der Waals surface area contributed by atoms with Crippen LogP contribution < -0.4 is 10.2 Å². The number of carbonyl (C=O) groups excluding carboxylic acids is 1. The van der Waals surface area contributed by atoms with Crippen molar-refractivity contribution in [3.63, 3.8) is 0 Å². The summed E-state index contributed by atoms with van der Waals surface area (Å²) in [5, 5.41) is 9.30. The van der Waals surface area contributed by atoms with Gasteiger partial charge in [0, 0.05) is 26.7 Å². The van der Waals surface area contributed by atoms with Crippen LogP contribution in [-0.4, -0.2) is 69.1 Å². The first-order valence-electron chi connectivity index (χ1n) is 11.1. The highest BCUT2D eigenvalue weighted by molar-refractivity contribution is 7.93. The minimum Gasteiger partial charge on any atom is -0.494 e. The Hall–Kier alpha value is -2.17. The second-order valence-corrected chi connectivity index (χ2v) is 10.4. The van der Waals surface area contributed by atoms with Crippen molar-refractivity contribution in [2.45, 2.75) is 35.3 Å². The Balaban J connectivity index is 0.00000408. The summed E-state index contributed by atoms with van der Waals surface area (Å²) in [5.41, 5.74) is 2.82. The third kappa shape index (κ3) is 6.49. The fourth-order valence-corrected chi connectivity index (χ4v) is 6.08. The van der Waals surface area contributed by atoms with E-state index in [4.69, 9.17) is 9.47 Å². The molecule has 0 saturated carbocycles. The zero-order valence-electron chi connectivity index (χ0n) is 19.3. The first kappa shape index (κ1) is 28.1. The summed E-state index contributed by atoms with van der Waals surface area (Å²) in [6.07, 6.45) is 1.91. The first-order valence-corrected chi connectivity index (χ1v) is 12.6. The molecule has 2 aromatic carbocycles. The van der Waals surface area contributed by atoms with Crippen LogP contribution in [0.3, 0.4) is 0 Å². The smallest absolute Gasteiger partial charge is 0.265 e. The van der Waals surface area contributed by atoms with Crippen molar-refractivity contribution >= 4 is 28.2 Å². The number of nitrogens with one attached hydrogen (secondary N) is 1. The van der Waals surface area contributed by atoms with E-state index in [2.05, 4.69) is 12.1 Å². The molecule has 34 heavy (non-hydrogen) atoms. The Morgan fingerprint density at radius 2 is 1.71 bits per heavy atom. The van der Waals surface area contributed by atoms with Crippen LogP contribution in [0.4, 0.5) is 0 Å². The molecule has 1 fully saturated rings. The normalized spacial score (nSPS) is 15.8. The molecule has 1 aliphatic heterocycles. The number of amides is 1. The van der Waals surface area contributed by atoms with Gasteiger partial charge in [-0.05, 0) is 55.5 Å². The van der Waals surface area contributed by atoms with Crippen LogP contribution in [0.1, 0.15) is 24.8 Å². The quantitative estimate of drug-likeness (QED) is 0.271. The van der Waals surface area contributed by atoms with Gasteiger partial charge in [0.2, 0.25) is 0 Å². The number of nitrogens with zero attached hydrogens (tertiary/aromatic N) is 1. The number of likely N-dealkylation sites (tertiary alicyclic amines) is 1. The number of carbonyl (C=O) groups is 1. The first-order chi connectivity index (χ1) is 15.9. The predicted octanol–water partition coefficient (Wildman–Crippen LogP) is 2.88. The molecule has 10 heteroatoms. The molecule has 1 amide bonds. The number of aryl methyl sites for hydroxylation is 1. The van der Waals surface area contributed by atoms with Gasteiger partial charge in [-0.2, -0.15) is 0 Å². The highest BCUT2D eigenvalue weighted by atomic mass is 35.5. The number of ether oxygens (including phenoxy) is 2. The lowest BCUT2D eigenvalue weighted by atomic mass is 9.95. The summed E-state index contributed by atoms with van der Waals surface area (Å²) in [4.78, 5) is 14.7. The Bertz CT molecular complexity index is 994. The number of sulfone groups is 1. The van der Waals surface area contributed by atoms with E-state index in [1.807, 2.05) is 23.1 Å². The maximum atomic E-state index is 13.5. The van der Waals surface area contributed by atoms with Crippen LogP contribution in [0.5, 0.6) is 5.75 Å². The van der Waals surface area contributed by atoms with Gasteiger partial charge in [0.25, 0.3) is 5.91 Å². The third-order valence-electron chi connectivity index (χ3n) is 6.16. The lowest BCUT2D eigenvalue weighted by molar-refractivity contribution is -0.133. The molecular weight excluding hydrogens is 480 g/mol. The molecule has 0 unspecified atom stereocenters. The minimum atomic E-state index is -4.04. The SMILES string of the molecule is COCCN1CCC(C(=O)NO)(S(=O)(=O)c2ccc(OCCCc3ccccc3)cc2)CC1.Cl. The molecule has 0 spiro atoms. The molecule has 1 heterocycles. The van der Waals surface area contributed by atoms with Gasteiger partial charge >= 0.3 is 0 Å². The lowest BCUT2D eigenvalue weighted by Gasteiger charge is -2.39. The molecule has 2 N–H and O–H groups in total. The summed E-state index contributed by atoms with van der Waals surface area (Å²) in [6, 6.07) is 16.3. The largest absolute Gasteiger partial charge is 0.494 e. The molecule has 0 aliphatic carbocycles. The van der Waals surface area contributed by atoms with Gasteiger partial charge in [-0.25, -0.2) is 13.9 Å². The summed E-state index contributed by atoms with van der Waals surface area (Å²) in [6.45, 7) is 2.52. The van der Waals surface area contributed by atoms with E-state index in [-0.39, 0.29) is 30.1 Å². The maximum Gasteiger partial charge on any atom is 0.265 e. The van der Waals surface area contributed by atoms with E-state index in [0.717, 1.165) is 12.8 Å². The maximum absolute atomic E-state index is 13.5. The van der Waals surface area contributed by atoms with Crippen LogP contribution >= 0.6 is 12.4 Å². The fraction of sp³-hybridized carbons (Fsp3) is 0.458. The molecule has 2 aromatic rings. The number of methoxy groups -OCH3 is 1. The third-order valence-corrected chi connectivity index (χ3v) is 8.68. The van der Waals surface area contributed by atoms with E-state index >= 15 is 0 Å². The van der Waals surface area contributed by atoms with Gasteiger partial charge < -0.3 is 14.4 Å². The van der Waals surface area contributed by atoms with Gasteiger partial charge in [0.05, 0.1) is 18.1 Å². The van der Waals surface area contributed by atoms with Crippen molar-refractivity contribution in [1.82, 2.24) is 10.4 Å². The molecule has 8 nitrogen and oxygen atoms in total. The Morgan fingerprint density at radius 1 is 1.06 bits per heavy atom. The van der Waals surface area contributed by atoms with Crippen LogP contribution in [0.25, 0.3) is 0 Å².